The number of nitrogens with zero attached hydrogens (tertiary/aromatic N) is 4. The maximum Gasteiger partial charge on any atom is 0.0640 e. The molecule has 0 radical (unpaired) electrons. The highest BCUT2D eigenvalue weighted by Gasteiger charge is 2.24. The molecule has 0 aromatic carbocycles. The maximum atomic E-state index is 6.34. The van der Waals surface area contributed by atoms with Crippen LogP contribution >= 0.6 is 0 Å². The molecule has 0 amide bonds. The molecule has 1 aromatic rings. The molecule has 0 bridgehead atoms. The van der Waals surface area contributed by atoms with Gasteiger partial charge in [0.25, 0.3) is 0 Å². The van der Waals surface area contributed by atoms with E-state index >= 15 is 0 Å². The second-order valence-corrected chi connectivity index (χ2v) is 6.48. The van der Waals surface area contributed by atoms with E-state index < -0.39 is 0 Å². The molecule has 1 aliphatic rings. The van der Waals surface area contributed by atoms with Crippen LogP contribution in [0.1, 0.15) is 32.0 Å². The summed E-state index contributed by atoms with van der Waals surface area (Å²) in [4.78, 5) is 4.83. The van der Waals surface area contributed by atoms with Crippen LogP contribution in [0.15, 0.2) is 12.3 Å². The number of aromatic nitrogens is 2. The molecule has 114 valence electrons. The van der Waals surface area contributed by atoms with Gasteiger partial charge in [0.15, 0.2) is 0 Å². The molecule has 20 heavy (non-hydrogen) atoms. The monoisotopic (exact) mass is 279 g/mol. The van der Waals surface area contributed by atoms with Crippen molar-refractivity contribution in [3.63, 3.8) is 0 Å². The van der Waals surface area contributed by atoms with Crippen LogP contribution in [-0.4, -0.2) is 65.4 Å². The minimum Gasteiger partial charge on any atom is -0.327 e. The van der Waals surface area contributed by atoms with Gasteiger partial charge >= 0.3 is 0 Å². The summed E-state index contributed by atoms with van der Waals surface area (Å²) >= 11 is 0. The third-order valence-electron chi connectivity index (χ3n) is 4.22. The fourth-order valence-corrected chi connectivity index (χ4v) is 2.83. The van der Waals surface area contributed by atoms with Crippen molar-refractivity contribution in [2.45, 2.75) is 44.8 Å². The predicted octanol–water partition coefficient (Wildman–Crippen LogP) is 0.970. The number of likely N-dealkylation sites (N-methyl/N-ethyl adjacent to an activating group) is 2. The van der Waals surface area contributed by atoms with Gasteiger partial charge < -0.3 is 15.5 Å². The lowest BCUT2D eigenvalue weighted by atomic mass is 10.0. The van der Waals surface area contributed by atoms with E-state index in [4.69, 9.17) is 5.73 Å². The Morgan fingerprint density at radius 1 is 1.35 bits per heavy atom. The molecule has 1 fully saturated rings. The molecule has 5 heteroatoms. The van der Waals surface area contributed by atoms with Gasteiger partial charge in [-0.2, -0.15) is 5.10 Å². The van der Waals surface area contributed by atoms with Gasteiger partial charge in [-0.05, 0) is 40.4 Å². The first-order valence-corrected chi connectivity index (χ1v) is 7.64. The number of rotatable bonds is 5. The van der Waals surface area contributed by atoms with Crippen molar-refractivity contribution in [3.8, 4) is 0 Å². The van der Waals surface area contributed by atoms with Gasteiger partial charge in [-0.15, -0.1) is 0 Å². The maximum absolute atomic E-state index is 6.34. The smallest absolute Gasteiger partial charge is 0.0640 e. The Morgan fingerprint density at radius 2 is 2.10 bits per heavy atom. The summed E-state index contributed by atoms with van der Waals surface area (Å²) in [6, 6.07) is 3.26. The van der Waals surface area contributed by atoms with E-state index in [-0.39, 0.29) is 6.04 Å². The molecule has 2 atom stereocenters. The van der Waals surface area contributed by atoms with Gasteiger partial charge in [0.1, 0.15) is 0 Å². The van der Waals surface area contributed by atoms with Crippen molar-refractivity contribution in [1.82, 2.24) is 19.6 Å². The highest BCUT2D eigenvalue weighted by atomic mass is 15.3. The Morgan fingerprint density at radius 3 is 2.75 bits per heavy atom. The molecule has 2 rings (SSSR count). The van der Waals surface area contributed by atoms with E-state index in [2.05, 4.69) is 48.9 Å². The highest BCUT2D eigenvalue weighted by molar-refractivity contribution is 5.02. The van der Waals surface area contributed by atoms with Crippen molar-refractivity contribution in [3.05, 3.63) is 18.0 Å². The Labute approximate surface area is 122 Å². The van der Waals surface area contributed by atoms with Crippen LogP contribution in [0.5, 0.6) is 0 Å². The van der Waals surface area contributed by atoms with Crippen molar-refractivity contribution < 1.29 is 0 Å². The average molecular weight is 279 g/mol. The normalized spacial score (nSPS) is 23.4. The third-order valence-corrected chi connectivity index (χ3v) is 4.22. The zero-order valence-corrected chi connectivity index (χ0v) is 13.3. The number of nitrogens with two attached hydrogens (primary N) is 1. The molecule has 2 unspecified atom stereocenters. The molecule has 2 N–H and O–H groups in total. The lowest BCUT2D eigenvalue weighted by molar-refractivity contribution is 0.104. The zero-order valence-electron chi connectivity index (χ0n) is 13.3. The minimum absolute atomic E-state index is 0.185. The summed E-state index contributed by atoms with van der Waals surface area (Å²) in [7, 11) is 4.40. The molecule has 5 nitrogen and oxygen atoms in total. The summed E-state index contributed by atoms with van der Waals surface area (Å²) in [5, 5.41) is 4.59. The molecule has 1 aliphatic heterocycles. The Bertz CT molecular complexity index is 414. The Kier molecular flexibility index (Phi) is 5.18. The SMILES string of the molecule is CC(C)n1ccc(CC(N)CC2CN(C)CCN2C)n1. The topological polar surface area (TPSA) is 50.3 Å². The van der Waals surface area contributed by atoms with E-state index in [0.29, 0.717) is 12.1 Å². The lowest BCUT2D eigenvalue weighted by Crippen LogP contribution is -2.51. The molecular weight excluding hydrogens is 250 g/mol. The standard InChI is InChI=1S/C15H29N5/c1-12(2)20-6-5-14(17-20)9-13(16)10-15-11-18(3)7-8-19(15)4/h5-6,12-13,15H,7-11,16H2,1-4H3. The van der Waals surface area contributed by atoms with Crippen LogP contribution < -0.4 is 5.73 Å². The molecular formula is C15H29N5. The summed E-state index contributed by atoms with van der Waals surface area (Å²) in [6.45, 7) is 7.69. The van der Waals surface area contributed by atoms with E-state index in [1.807, 2.05) is 10.9 Å². The summed E-state index contributed by atoms with van der Waals surface area (Å²) in [5.41, 5.74) is 7.44. The zero-order chi connectivity index (χ0) is 14.7. The second kappa shape index (κ2) is 6.70. The summed E-state index contributed by atoms with van der Waals surface area (Å²) < 4.78 is 2.00. The Hall–Kier alpha value is -0.910. The van der Waals surface area contributed by atoms with Crippen LogP contribution in [0.3, 0.4) is 0 Å². The fraction of sp³-hybridized carbons (Fsp3) is 0.800. The van der Waals surface area contributed by atoms with Crippen LogP contribution in [0.2, 0.25) is 0 Å². The predicted molar refractivity (Wildman–Crippen MR) is 82.8 cm³/mol. The van der Waals surface area contributed by atoms with Crippen molar-refractivity contribution in [1.29, 1.82) is 0 Å². The first-order chi connectivity index (χ1) is 9.45. The van der Waals surface area contributed by atoms with Crippen molar-refractivity contribution in [2.24, 2.45) is 5.73 Å². The van der Waals surface area contributed by atoms with Crippen LogP contribution in [-0.2, 0) is 6.42 Å². The molecule has 0 aliphatic carbocycles. The molecule has 0 spiro atoms. The van der Waals surface area contributed by atoms with Gasteiger partial charge in [-0.1, -0.05) is 0 Å². The Balaban J connectivity index is 1.86. The summed E-state index contributed by atoms with van der Waals surface area (Å²) in [5.74, 6) is 0. The number of piperazine rings is 1. The van der Waals surface area contributed by atoms with Crippen molar-refractivity contribution >= 4 is 0 Å². The van der Waals surface area contributed by atoms with Gasteiger partial charge in [0.05, 0.1) is 5.69 Å². The van der Waals surface area contributed by atoms with Gasteiger partial charge in [0, 0.05) is 50.4 Å². The van der Waals surface area contributed by atoms with Crippen LogP contribution in [0.25, 0.3) is 0 Å². The highest BCUT2D eigenvalue weighted by Crippen LogP contribution is 2.13. The first-order valence-electron chi connectivity index (χ1n) is 7.64. The van der Waals surface area contributed by atoms with Crippen LogP contribution in [0, 0.1) is 0 Å². The third kappa shape index (κ3) is 4.04. The molecule has 1 saturated heterocycles. The summed E-state index contributed by atoms with van der Waals surface area (Å²) in [6.07, 6.45) is 3.95. The van der Waals surface area contributed by atoms with Crippen LogP contribution in [0.4, 0.5) is 0 Å². The van der Waals surface area contributed by atoms with Gasteiger partial charge in [0.2, 0.25) is 0 Å². The van der Waals surface area contributed by atoms with E-state index in [1.165, 1.54) is 0 Å². The second-order valence-electron chi connectivity index (χ2n) is 6.48. The molecule has 1 aromatic heterocycles. The minimum atomic E-state index is 0.185. The number of hydrogen-bond donors (Lipinski definition) is 1. The molecule has 2 heterocycles. The van der Waals surface area contributed by atoms with E-state index in [1.54, 1.807) is 0 Å². The quantitative estimate of drug-likeness (QED) is 0.872. The fourth-order valence-electron chi connectivity index (χ4n) is 2.83. The van der Waals surface area contributed by atoms with E-state index in [0.717, 1.165) is 38.2 Å². The van der Waals surface area contributed by atoms with Gasteiger partial charge in [-0.3, -0.25) is 4.68 Å². The number of hydrogen-bond acceptors (Lipinski definition) is 4. The van der Waals surface area contributed by atoms with E-state index in [9.17, 15) is 0 Å². The van der Waals surface area contributed by atoms with Gasteiger partial charge in [-0.25, -0.2) is 0 Å². The lowest BCUT2D eigenvalue weighted by Gasteiger charge is -2.38. The molecule has 0 saturated carbocycles. The van der Waals surface area contributed by atoms with Crippen molar-refractivity contribution in [2.75, 3.05) is 33.7 Å². The average Bonchev–Trinajstić information content (AvgIpc) is 2.82. The first kappa shape index (κ1) is 15.5. The largest absolute Gasteiger partial charge is 0.327 e.